The van der Waals surface area contributed by atoms with E-state index in [-0.39, 0.29) is 0 Å². The number of rotatable bonds is 3. The Balaban J connectivity index is 1.71. The molecule has 3 rings (SSSR count). The van der Waals surface area contributed by atoms with Crippen LogP contribution in [0, 0.1) is 0 Å². The number of thioether (sulfide) groups is 1. The van der Waals surface area contributed by atoms with Crippen LogP contribution >= 0.6 is 11.8 Å². The first kappa shape index (κ1) is 8.71. The van der Waals surface area contributed by atoms with Crippen LogP contribution in [0.5, 0.6) is 0 Å². The highest BCUT2D eigenvalue weighted by atomic mass is 32.2. The van der Waals surface area contributed by atoms with E-state index in [4.69, 9.17) is 0 Å². The van der Waals surface area contributed by atoms with Gasteiger partial charge >= 0.3 is 0 Å². The second-order valence-corrected chi connectivity index (χ2v) is 5.43. The van der Waals surface area contributed by atoms with Crippen LogP contribution in [0.4, 0.5) is 0 Å². The molecule has 2 aliphatic rings. The summed E-state index contributed by atoms with van der Waals surface area (Å²) in [5.41, 5.74) is 0. The van der Waals surface area contributed by atoms with E-state index in [2.05, 4.69) is 15.5 Å². The van der Waals surface area contributed by atoms with Gasteiger partial charge in [-0.3, -0.25) is 0 Å². The molecule has 0 bridgehead atoms. The van der Waals surface area contributed by atoms with E-state index in [1.165, 1.54) is 38.5 Å². The van der Waals surface area contributed by atoms with Gasteiger partial charge in [-0.2, -0.15) is 0 Å². The highest BCUT2D eigenvalue weighted by Gasteiger charge is 2.29. The maximum absolute atomic E-state index is 4.11. The molecule has 0 radical (unpaired) electrons. The van der Waals surface area contributed by atoms with Gasteiger partial charge < -0.3 is 0 Å². The Bertz CT molecular complexity index is 314. The molecular weight excluding hydrogens is 196 g/mol. The molecular formula is C9H14N4S. The summed E-state index contributed by atoms with van der Waals surface area (Å²) >= 11 is 1.88. The van der Waals surface area contributed by atoms with Crippen LogP contribution in [0.3, 0.4) is 0 Å². The van der Waals surface area contributed by atoms with Crippen molar-refractivity contribution in [3.05, 3.63) is 0 Å². The fourth-order valence-electron chi connectivity index (χ4n) is 1.97. The third-order valence-electron chi connectivity index (χ3n) is 2.93. The summed E-state index contributed by atoms with van der Waals surface area (Å²) < 4.78 is 2.02. The summed E-state index contributed by atoms with van der Waals surface area (Å²) in [5.74, 6) is 0. The molecule has 0 aliphatic heterocycles. The van der Waals surface area contributed by atoms with Gasteiger partial charge in [-0.1, -0.05) is 24.6 Å². The topological polar surface area (TPSA) is 43.6 Å². The molecule has 0 amide bonds. The summed E-state index contributed by atoms with van der Waals surface area (Å²) in [6, 6.07) is 0.605. The number of hydrogen-bond acceptors (Lipinski definition) is 4. The Morgan fingerprint density at radius 3 is 2.64 bits per heavy atom. The molecule has 0 unspecified atom stereocenters. The van der Waals surface area contributed by atoms with Gasteiger partial charge in [0, 0.05) is 5.25 Å². The number of nitrogens with zero attached hydrogens (tertiary/aromatic N) is 4. The van der Waals surface area contributed by atoms with Gasteiger partial charge in [0.2, 0.25) is 5.16 Å². The predicted molar refractivity (Wildman–Crippen MR) is 54.2 cm³/mol. The van der Waals surface area contributed by atoms with Crippen LogP contribution in [-0.2, 0) is 0 Å². The lowest BCUT2D eigenvalue weighted by Gasteiger charge is -2.07. The minimum absolute atomic E-state index is 0.605. The zero-order chi connectivity index (χ0) is 9.38. The largest absolute Gasteiger partial charge is 0.217 e. The van der Waals surface area contributed by atoms with Crippen LogP contribution < -0.4 is 0 Å². The fraction of sp³-hybridized carbons (Fsp3) is 0.889. The summed E-state index contributed by atoms with van der Waals surface area (Å²) in [4.78, 5) is 0. The SMILES string of the molecule is C1CCC(Sc2nnnn2C2CC2)C1. The van der Waals surface area contributed by atoms with E-state index in [1.54, 1.807) is 0 Å². The predicted octanol–water partition coefficient (Wildman–Crippen LogP) is 2.04. The molecule has 1 aromatic rings. The first-order valence-electron chi connectivity index (χ1n) is 5.38. The average Bonchev–Trinajstić information content (AvgIpc) is 2.74. The van der Waals surface area contributed by atoms with Crippen molar-refractivity contribution in [3.63, 3.8) is 0 Å². The second-order valence-electron chi connectivity index (χ2n) is 4.16. The molecule has 2 saturated carbocycles. The summed E-state index contributed by atoms with van der Waals surface area (Å²) in [6.07, 6.45) is 7.93. The van der Waals surface area contributed by atoms with Crippen molar-refractivity contribution in [2.24, 2.45) is 0 Å². The average molecular weight is 210 g/mol. The molecule has 1 heterocycles. The van der Waals surface area contributed by atoms with Crippen molar-refractivity contribution in [2.45, 2.75) is 55.0 Å². The highest BCUT2D eigenvalue weighted by Crippen LogP contribution is 2.39. The number of tetrazole rings is 1. The molecule has 0 N–H and O–H groups in total. The molecule has 0 spiro atoms. The Kier molecular flexibility index (Phi) is 2.20. The van der Waals surface area contributed by atoms with E-state index in [0.29, 0.717) is 6.04 Å². The maximum atomic E-state index is 4.11. The lowest BCUT2D eigenvalue weighted by molar-refractivity contribution is 0.564. The lowest BCUT2D eigenvalue weighted by Crippen LogP contribution is -2.02. The van der Waals surface area contributed by atoms with Crippen LogP contribution in [0.15, 0.2) is 5.16 Å². The number of aromatic nitrogens is 4. The summed E-state index contributed by atoms with van der Waals surface area (Å²) in [6.45, 7) is 0. The van der Waals surface area contributed by atoms with Crippen molar-refractivity contribution in [2.75, 3.05) is 0 Å². The first-order valence-corrected chi connectivity index (χ1v) is 6.26. The maximum Gasteiger partial charge on any atom is 0.209 e. The normalized spacial score (nSPS) is 23.1. The Morgan fingerprint density at radius 2 is 1.93 bits per heavy atom. The highest BCUT2D eigenvalue weighted by molar-refractivity contribution is 7.99. The van der Waals surface area contributed by atoms with Crippen molar-refractivity contribution in [1.29, 1.82) is 0 Å². The molecule has 5 heteroatoms. The molecule has 0 aromatic carbocycles. The summed E-state index contributed by atoms with van der Waals surface area (Å²) in [5, 5.41) is 13.7. The van der Waals surface area contributed by atoms with Crippen molar-refractivity contribution in [1.82, 2.24) is 20.2 Å². The number of hydrogen-bond donors (Lipinski definition) is 0. The van der Waals surface area contributed by atoms with Gasteiger partial charge in [-0.05, 0) is 36.1 Å². The van der Waals surface area contributed by atoms with E-state index < -0.39 is 0 Å². The summed E-state index contributed by atoms with van der Waals surface area (Å²) in [7, 11) is 0. The lowest BCUT2D eigenvalue weighted by atomic mass is 10.4. The van der Waals surface area contributed by atoms with Crippen molar-refractivity contribution in [3.8, 4) is 0 Å². The molecule has 0 saturated heterocycles. The van der Waals surface area contributed by atoms with Crippen LogP contribution in [0.1, 0.15) is 44.6 Å². The third-order valence-corrected chi connectivity index (χ3v) is 4.21. The van der Waals surface area contributed by atoms with E-state index in [1.807, 2.05) is 16.4 Å². The monoisotopic (exact) mass is 210 g/mol. The Labute approximate surface area is 87.4 Å². The van der Waals surface area contributed by atoms with Crippen molar-refractivity contribution >= 4 is 11.8 Å². The van der Waals surface area contributed by atoms with Gasteiger partial charge in [0.25, 0.3) is 0 Å². The fourth-order valence-corrected chi connectivity index (χ4v) is 3.21. The Hall–Kier alpha value is -0.580. The molecule has 2 aliphatic carbocycles. The van der Waals surface area contributed by atoms with Crippen LogP contribution in [0.2, 0.25) is 0 Å². The first-order chi connectivity index (χ1) is 6.93. The van der Waals surface area contributed by atoms with E-state index in [9.17, 15) is 0 Å². The smallest absolute Gasteiger partial charge is 0.209 e. The molecule has 0 atom stereocenters. The molecule has 4 nitrogen and oxygen atoms in total. The minimum Gasteiger partial charge on any atom is -0.217 e. The van der Waals surface area contributed by atoms with Gasteiger partial charge in [-0.15, -0.1) is 5.10 Å². The van der Waals surface area contributed by atoms with Crippen LogP contribution in [0.25, 0.3) is 0 Å². The Morgan fingerprint density at radius 1 is 1.14 bits per heavy atom. The zero-order valence-electron chi connectivity index (χ0n) is 8.09. The van der Waals surface area contributed by atoms with E-state index >= 15 is 0 Å². The standard InChI is InChI=1S/C9H14N4S/c1-2-4-8(3-1)14-9-10-11-12-13(9)7-5-6-7/h7-8H,1-6H2. The molecule has 76 valence electrons. The third kappa shape index (κ3) is 1.65. The minimum atomic E-state index is 0.605. The van der Waals surface area contributed by atoms with Gasteiger partial charge in [-0.25, -0.2) is 4.68 Å². The second kappa shape index (κ2) is 3.53. The quantitative estimate of drug-likeness (QED) is 0.765. The van der Waals surface area contributed by atoms with E-state index in [0.717, 1.165) is 10.4 Å². The van der Waals surface area contributed by atoms with Crippen molar-refractivity contribution < 1.29 is 0 Å². The molecule has 1 aromatic heterocycles. The zero-order valence-corrected chi connectivity index (χ0v) is 8.91. The van der Waals surface area contributed by atoms with Gasteiger partial charge in [0.05, 0.1) is 6.04 Å². The molecule has 2 fully saturated rings. The van der Waals surface area contributed by atoms with Gasteiger partial charge in [0.15, 0.2) is 0 Å². The van der Waals surface area contributed by atoms with Crippen LogP contribution in [-0.4, -0.2) is 25.5 Å². The molecule has 14 heavy (non-hydrogen) atoms. The van der Waals surface area contributed by atoms with Gasteiger partial charge in [0.1, 0.15) is 0 Å².